The summed E-state index contributed by atoms with van der Waals surface area (Å²) in [6.45, 7) is 2.30. The van der Waals surface area contributed by atoms with Gasteiger partial charge in [-0.15, -0.1) is 24.8 Å². The summed E-state index contributed by atoms with van der Waals surface area (Å²) >= 11 is 0. The summed E-state index contributed by atoms with van der Waals surface area (Å²) < 4.78 is 1.98. The van der Waals surface area contributed by atoms with Gasteiger partial charge in [0, 0.05) is 57.4 Å². The van der Waals surface area contributed by atoms with Crippen LogP contribution < -0.4 is 5.32 Å². The van der Waals surface area contributed by atoms with Crippen LogP contribution in [0.3, 0.4) is 0 Å². The Balaban J connectivity index is 0.00000144. The SMILES string of the molecule is Cl.Cl.Cn1ccnc1C1CNCCN1C(=O)CCc1ccccn1. The van der Waals surface area contributed by atoms with E-state index in [1.54, 1.807) is 12.4 Å². The van der Waals surface area contributed by atoms with Crippen LogP contribution in [0.2, 0.25) is 0 Å². The molecule has 6 nitrogen and oxygen atoms in total. The third-order valence-corrected chi connectivity index (χ3v) is 4.04. The molecule has 1 aliphatic heterocycles. The fraction of sp³-hybridized carbons (Fsp3) is 0.438. The Kier molecular flexibility index (Phi) is 8.18. The predicted octanol–water partition coefficient (Wildman–Crippen LogP) is 1.76. The highest BCUT2D eigenvalue weighted by atomic mass is 35.5. The molecule has 1 fully saturated rings. The minimum absolute atomic E-state index is 0. The van der Waals surface area contributed by atoms with Crippen molar-refractivity contribution in [3.63, 3.8) is 0 Å². The minimum Gasteiger partial charge on any atom is -0.336 e. The maximum Gasteiger partial charge on any atom is 0.223 e. The number of hydrogen-bond acceptors (Lipinski definition) is 4. The van der Waals surface area contributed by atoms with Gasteiger partial charge in [0.15, 0.2) is 0 Å². The molecule has 2 aromatic heterocycles. The summed E-state index contributed by atoms with van der Waals surface area (Å²) in [6, 6.07) is 5.80. The summed E-state index contributed by atoms with van der Waals surface area (Å²) in [5.41, 5.74) is 0.958. The van der Waals surface area contributed by atoms with E-state index in [2.05, 4.69) is 15.3 Å². The number of nitrogens with one attached hydrogen (secondary N) is 1. The molecule has 3 heterocycles. The van der Waals surface area contributed by atoms with Crippen molar-refractivity contribution in [2.45, 2.75) is 18.9 Å². The highest BCUT2D eigenvalue weighted by Crippen LogP contribution is 2.21. The molecule has 1 atom stereocenters. The molecule has 1 amide bonds. The second-order valence-electron chi connectivity index (χ2n) is 5.52. The summed E-state index contributed by atoms with van der Waals surface area (Å²) in [6.07, 6.45) is 6.62. The Labute approximate surface area is 154 Å². The topological polar surface area (TPSA) is 63.1 Å². The van der Waals surface area contributed by atoms with Crippen molar-refractivity contribution in [1.82, 2.24) is 24.8 Å². The number of halogens is 2. The van der Waals surface area contributed by atoms with E-state index in [1.807, 2.05) is 40.9 Å². The van der Waals surface area contributed by atoms with Crippen molar-refractivity contribution in [2.75, 3.05) is 19.6 Å². The highest BCUT2D eigenvalue weighted by Gasteiger charge is 2.29. The van der Waals surface area contributed by atoms with Gasteiger partial charge in [-0.1, -0.05) is 6.07 Å². The number of aryl methyl sites for hydroxylation is 2. The van der Waals surface area contributed by atoms with E-state index in [0.717, 1.165) is 31.2 Å². The molecule has 0 bridgehead atoms. The monoisotopic (exact) mass is 371 g/mol. The van der Waals surface area contributed by atoms with Gasteiger partial charge in [0.2, 0.25) is 5.91 Å². The first kappa shape index (κ1) is 20.4. The molecule has 1 aliphatic rings. The molecule has 8 heteroatoms. The first-order chi connectivity index (χ1) is 10.8. The lowest BCUT2D eigenvalue weighted by Crippen LogP contribution is -2.49. The van der Waals surface area contributed by atoms with Crippen LogP contribution in [0.4, 0.5) is 0 Å². The molecule has 1 N–H and O–H groups in total. The van der Waals surface area contributed by atoms with Gasteiger partial charge in [0.1, 0.15) is 11.9 Å². The first-order valence-electron chi connectivity index (χ1n) is 7.63. The molecule has 24 heavy (non-hydrogen) atoms. The number of amides is 1. The lowest BCUT2D eigenvalue weighted by Gasteiger charge is -2.35. The number of carbonyl (C=O) groups is 1. The third-order valence-electron chi connectivity index (χ3n) is 4.04. The number of piperazine rings is 1. The highest BCUT2D eigenvalue weighted by molar-refractivity contribution is 5.85. The van der Waals surface area contributed by atoms with Gasteiger partial charge >= 0.3 is 0 Å². The Morgan fingerprint density at radius 1 is 1.29 bits per heavy atom. The molecule has 0 radical (unpaired) electrons. The van der Waals surface area contributed by atoms with Gasteiger partial charge in [-0.3, -0.25) is 9.78 Å². The van der Waals surface area contributed by atoms with Gasteiger partial charge in [0.05, 0.1) is 0 Å². The normalized spacial score (nSPS) is 16.9. The predicted molar refractivity (Wildman–Crippen MR) is 97.6 cm³/mol. The number of rotatable bonds is 4. The molecule has 1 unspecified atom stereocenters. The van der Waals surface area contributed by atoms with Crippen molar-refractivity contribution in [3.05, 3.63) is 48.3 Å². The van der Waals surface area contributed by atoms with E-state index in [9.17, 15) is 4.79 Å². The average Bonchev–Trinajstić information content (AvgIpc) is 2.99. The van der Waals surface area contributed by atoms with Crippen LogP contribution in [-0.4, -0.2) is 45.0 Å². The second kappa shape index (κ2) is 9.61. The number of aromatic nitrogens is 3. The van der Waals surface area contributed by atoms with Gasteiger partial charge in [-0.25, -0.2) is 4.98 Å². The molecule has 0 saturated carbocycles. The third kappa shape index (κ3) is 4.69. The average molecular weight is 372 g/mol. The summed E-state index contributed by atoms with van der Waals surface area (Å²) in [5.74, 6) is 1.10. The minimum atomic E-state index is 0. The maximum absolute atomic E-state index is 12.6. The van der Waals surface area contributed by atoms with Crippen LogP contribution in [0.25, 0.3) is 0 Å². The molecule has 0 spiro atoms. The lowest BCUT2D eigenvalue weighted by atomic mass is 10.1. The summed E-state index contributed by atoms with van der Waals surface area (Å²) in [5, 5.41) is 3.35. The Morgan fingerprint density at radius 2 is 2.12 bits per heavy atom. The van der Waals surface area contributed by atoms with E-state index in [1.165, 1.54) is 0 Å². The molecular formula is C16H23Cl2N5O. The van der Waals surface area contributed by atoms with Crippen LogP contribution in [0.15, 0.2) is 36.8 Å². The molecule has 2 aromatic rings. The zero-order valence-corrected chi connectivity index (χ0v) is 15.2. The largest absolute Gasteiger partial charge is 0.336 e. The van der Waals surface area contributed by atoms with Crippen LogP contribution >= 0.6 is 24.8 Å². The van der Waals surface area contributed by atoms with E-state index in [-0.39, 0.29) is 36.8 Å². The summed E-state index contributed by atoms with van der Waals surface area (Å²) in [4.78, 5) is 23.3. The van der Waals surface area contributed by atoms with Gasteiger partial charge < -0.3 is 14.8 Å². The lowest BCUT2D eigenvalue weighted by molar-refractivity contribution is -0.134. The first-order valence-corrected chi connectivity index (χ1v) is 7.63. The summed E-state index contributed by atoms with van der Waals surface area (Å²) in [7, 11) is 1.97. The molecule has 132 valence electrons. The maximum atomic E-state index is 12.6. The van der Waals surface area contributed by atoms with E-state index in [4.69, 9.17) is 0 Å². The van der Waals surface area contributed by atoms with Crippen molar-refractivity contribution in [2.24, 2.45) is 7.05 Å². The quantitative estimate of drug-likeness (QED) is 0.889. The van der Waals surface area contributed by atoms with Gasteiger partial charge in [-0.05, 0) is 18.6 Å². The molecule has 0 aliphatic carbocycles. The van der Waals surface area contributed by atoms with Crippen LogP contribution in [0.1, 0.15) is 24.0 Å². The fourth-order valence-corrected chi connectivity index (χ4v) is 2.86. The van der Waals surface area contributed by atoms with Crippen LogP contribution in [0, 0.1) is 0 Å². The second-order valence-corrected chi connectivity index (χ2v) is 5.52. The van der Waals surface area contributed by atoms with Crippen LogP contribution in [0.5, 0.6) is 0 Å². The van der Waals surface area contributed by atoms with Crippen molar-refractivity contribution in [1.29, 1.82) is 0 Å². The molecule has 3 rings (SSSR count). The smallest absolute Gasteiger partial charge is 0.223 e. The van der Waals surface area contributed by atoms with E-state index >= 15 is 0 Å². The van der Waals surface area contributed by atoms with Crippen molar-refractivity contribution < 1.29 is 4.79 Å². The standard InChI is InChI=1S/C16H21N5O.2ClH/c1-20-10-9-19-16(20)14-12-17-8-11-21(14)15(22)6-5-13-4-2-3-7-18-13;;/h2-4,7,9-10,14,17H,5-6,8,11-12H2,1H3;2*1H. The molecule has 0 aromatic carbocycles. The van der Waals surface area contributed by atoms with Gasteiger partial charge in [-0.2, -0.15) is 0 Å². The number of hydrogen-bond donors (Lipinski definition) is 1. The zero-order chi connectivity index (χ0) is 15.4. The Hall–Kier alpha value is -1.63. The van der Waals surface area contributed by atoms with E-state index < -0.39 is 0 Å². The fourth-order valence-electron chi connectivity index (χ4n) is 2.86. The Morgan fingerprint density at radius 3 is 2.79 bits per heavy atom. The zero-order valence-electron chi connectivity index (χ0n) is 13.6. The molecule has 1 saturated heterocycles. The number of carbonyl (C=O) groups excluding carboxylic acids is 1. The number of pyridine rings is 1. The number of imidazole rings is 1. The van der Waals surface area contributed by atoms with E-state index in [0.29, 0.717) is 12.8 Å². The van der Waals surface area contributed by atoms with Crippen LogP contribution in [-0.2, 0) is 18.3 Å². The molecular weight excluding hydrogens is 349 g/mol. The van der Waals surface area contributed by atoms with Crippen molar-refractivity contribution in [3.8, 4) is 0 Å². The van der Waals surface area contributed by atoms with Gasteiger partial charge in [0.25, 0.3) is 0 Å². The Bertz CT molecular complexity index is 634. The van der Waals surface area contributed by atoms with Crippen molar-refractivity contribution >= 4 is 30.7 Å². The number of nitrogens with zero attached hydrogens (tertiary/aromatic N) is 4.